The van der Waals surface area contributed by atoms with Gasteiger partial charge in [-0.25, -0.2) is 4.98 Å². The van der Waals surface area contributed by atoms with Crippen LogP contribution in [0.15, 0.2) is 28.7 Å². The van der Waals surface area contributed by atoms with Crippen LogP contribution >= 0.6 is 0 Å². The first kappa shape index (κ1) is 13.3. The highest BCUT2D eigenvalue weighted by Gasteiger charge is 2.36. The number of hydrogen-bond acceptors (Lipinski definition) is 4. The highest BCUT2D eigenvalue weighted by atomic mass is 16.3. The standard InChI is InChI=1S/C17H23N3O/c1-2-6-15-14(5-1)19-16(21-15)11-20-10-4-8-17(13-20)7-3-9-18-12-17/h1-2,5-6,18H,3-4,7-13H2. The molecule has 0 aliphatic carbocycles. The summed E-state index contributed by atoms with van der Waals surface area (Å²) >= 11 is 0. The lowest BCUT2D eigenvalue weighted by atomic mass is 9.74. The van der Waals surface area contributed by atoms with Crippen LogP contribution in [0.1, 0.15) is 31.6 Å². The summed E-state index contributed by atoms with van der Waals surface area (Å²) in [6.45, 7) is 5.56. The first-order valence-corrected chi connectivity index (χ1v) is 8.11. The molecule has 2 aliphatic rings. The van der Waals surface area contributed by atoms with Gasteiger partial charge >= 0.3 is 0 Å². The third kappa shape index (κ3) is 2.70. The molecule has 4 nitrogen and oxygen atoms in total. The number of aromatic nitrogens is 1. The number of likely N-dealkylation sites (tertiary alicyclic amines) is 1. The van der Waals surface area contributed by atoms with E-state index < -0.39 is 0 Å². The Morgan fingerprint density at radius 2 is 2.14 bits per heavy atom. The zero-order chi connectivity index (χ0) is 14.1. The molecule has 2 fully saturated rings. The quantitative estimate of drug-likeness (QED) is 0.921. The van der Waals surface area contributed by atoms with Gasteiger partial charge in [0.1, 0.15) is 5.52 Å². The maximum Gasteiger partial charge on any atom is 0.209 e. The Labute approximate surface area is 125 Å². The van der Waals surface area contributed by atoms with E-state index in [-0.39, 0.29) is 0 Å². The number of rotatable bonds is 2. The smallest absolute Gasteiger partial charge is 0.209 e. The van der Waals surface area contributed by atoms with Gasteiger partial charge in [0.25, 0.3) is 0 Å². The SMILES string of the molecule is c1ccc2oc(CN3CCCC4(CCCNC4)C3)nc2c1. The van der Waals surface area contributed by atoms with Crippen molar-refractivity contribution in [2.75, 3.05) is 26.2 Å². The fraction of sp³-hybridized carbons (Fsp3) is 0.588. The zero-order valence-electron chi connectivity index (χ0n) is 12.5. The van der Waals surface area contributed by atoms with Gasteiger partial charge in [-0.1, -0.05) is 12.1 Å². The lowest BCUT2D eigenvalue weighted by Gasteiger charge is -2.45. The number of nitrogens with zero attached hydrogens (tertiary/aromatic N) is 2. The van der Waals surface area contributed by atoms with Gasteiger partial charge < -0.3 is 9.73 Å². The predicted molar refractivity (Wildman–Crippen MR) is 83.1 cm³/mol. The van der Waals surface area contributed by atoms with Crippen LogP contribution in [0, 0.1) is 5.41 Å². The second kappa shape index (κ2) is 5.43. The molecule has 1 unspecified atom stereocenters. The van der Waals surface area contributed by atoms with Crippen molar-refractivity contribution in [3.05, 3.63) is 30.2 Å². The van der Waals surface area contributed by atoms with Gasteiger partial charge in [0.05, 0.1) is 6.54 Å². The Morgan fingerprint density at radius 3 is 3.00 bits per heavy atom. The first-order valence-electron chi connectivity index (χ1n) is 8.11. The third-order valence-electron chi connectivity index (χ3n) is 5.00. The Morgan fingerprint density at radius 1 is 1.24 bits per heavy atom. The molecule has 2 saturated heterocycles. The number of oxazole rings is 1. The average molecular weight is 285 g/mol. The number of fused-ring (bicyclic) bond motifs is 1. The molecule has 3 heterocycles. The molecule has 1 aromatic carbocycles. The number of piperidine rings is 2. The summed E-state index contributed by atoms with van der Waals surface area (Å²) in [5.41, 5.74) is 2.36. The van der Waals surface area contributed by atoms with Gasteiger partial charge in [-0.15, -0.1) is 0 Å². The highest BCUT2D eigenvalue weighted by molar-refractivity contribution is 5.72. The maximum atomic E-state index is 5.88. The molecule has 4 rings (SSSR count). The van der Waals surface area contributed by atoms with Crippen LogP contribution in [0.3, 0.4) is 0 Å². The molecule has 0 bridgehead atoms. The largest absolute Gasteiger partial charge is 0.439 e. The van der Waals surface area contributed by atoms with Crippen molar-refractivity contribution in [3.8, 4) is 0 Å². The first-order chi connectivity index (χ1) is 10.3. The van der Waals surface area contributed by atoms with E-state index in [2.05, 4.69) is 15.2 Å². The molecule has 21 heavy (non-hydrogen) atoms. The molecule has 1 N–H and O–H groups in total. The van der Waals surface area contributed by atoms with Crippen LogP contribution in [0.25, 0.3) is 11.1 Å². The summed E-state index contributed by atoms with van der Waals surface area (Å²) in [5.74, 6) is 0.858. The van der Waals surface area contributed by atoms with E-state index in [1.54, 1.807) is 0 Å². The fourth-order valence-corrected chi connectivity index (χ4v) is 4.00. The maximum absolute atomic E-state index is 5.88. The van der Waals surface area contributed by atoms with E-state index >= 15 is 0 Å². The van der Waals surface area contributed by atoms with Crippen LogP contribution < -0.4 is 5.32 Å². The topological polar surface area (TPSA) is 41.3 Å². The summed E-state index contributed by atoms with van der Waals surface area (Å²) in [6, 6.07) is 8.03. The minimum atomic E-state index is 0.489. The molecule has 2 aromatic rings. The third-order valence-corrected chi connectivity index (χ3v) is 5.00. The summed E-state index contributed by atoms with van der Waals surface area (Å²) < 4.78 is 5.88. The second-order valence-electron chi connectivity index (χ2n) is 6.67. The number of hydrogen-bond donors (Lipinski definition) is 1. The molecule has 112 valence electrons. The van der Waals surface area contributed by atoms with Gasteiger partial charge in [-0.05, 0) is 56.3 Å². The lowest BCUT2D eigenvalue weighted by molar-refractivity contribution is 0.0554. The molecular formula is C17H23N3O. The van der Waals surface area contributed by atoms with Crippen molar-refractivity contribution in [2.45, 2.75) is 32.2 Å². The van der Waals surface area contributed by atoms with E-state index in [0.717, 1.165) is 23.5 Å². The van der Waals surface area contributed by atoms with Gasteiger partial charge in [0.2, 0.25) is 5.89 Å². The Hall–Kier alpha value is -1.39. The van der Waals surface area contributed by atoms with E-state index in [4.69, 9.17) is 4.42 Å². The van der Waals surface area contributed by atoms with Crippen LogP contribution in [0.5, 0.6) is 0 Å². The van der Waals surface area contributed by atoms with Gasteiger partial charge in [0.15, 0.2) is 5.58 Å². The Balaban J connectivity index is 1.48. The van der Waals surface area contributed by atoms with E-state index in [1.165, 1.54) is 51.9 Å². The van der Waals surface area contributed by atoms with Gasteiger partial charge in [-0.3, -0.25) is 4.90 Å². The van der Waals surface area contributed by atoms with E-state index in [0.29, 0.717) is 5.41 Å². The number of benzene rings is 1. The molecule has 2 aliphatic heterocycles. The monoisotopic (exact) mass is 285 g/mol. The summed E-state index contributed by atoms with van der Waals surface area (Å²) in [6.07, 6.45) is 5.34. The Kier molecular flexibility index (Phi) is 3.43. The summed E-state index contributed by atoms with van der Waals surface area (Å²) in [7, 11) is 0. The highest BCUT2D eigenvalue weighted by Crippen LogP contribution is 2.36. The van der Waals surface area contributed by atoms with Crippen molar-refractivity contribution >= 4 is 11.1 Å². The summed E-state index contributed by atoms with van der Waals surface area (Å²) in [4.78, 5) is 7.15. The molecule has 0 saturated carbocycles. The number of nitrogens with one attached hydrogen (secondary N) is 1. The predicted octanol–water partition coefficient (Wildman–Crippen LogP) is 2.79. The lowest BCUT2D eigenvalue weighted by Crippen LogP contribution is -2.50. The van der Waals surface area contributed by atoms with Crippen LogP contribution in [0.2, 0.25) is 0 Å². The molecule has 1 aromatic heterocycles. The normalized spacial score (nSPS) is 27.4. The molecule has 0 radical (unpaired) electrons. The minimum Gasteiger partial charge on any atom is -0.439 e. The van der Waals surface area contributed by atoms with Gasteiger partial charge in [-0.2, -0.15) is 0 Å². The van der Waals surface area contributed by atoms with Crippen molar-refractivity contribution in [2.24, 2.45) is 5.41 Å². The average Bonchev–Trinajstić information content (AvgIpc) is 2.90. The van der Waals surface area contributed by atoms with Crippen LogP contribution in [-0.4, -0.2) is 36.1 Å². The van der Waals surface area contributed by atoms with Crippen molar-refractivity contribution in [1.82, 2.24) is 15.2 Å². The number of para-hydroxylation sites is 2. The van der Waals surface area contributed by atoms with Crippen molar-refractivity contribution in [3.63, 3.8) is 0 Å². The van der Waals surface area contributed by atoms with Crippen LogP contribution in [-0.2, 0) is 6.54 Å². The molecule has 0 amide bonds. The fourth-order valence-electron chi connectivity index (χ4n) is 4.00. The van der Waals surface area contributed by atoms with E-state index in [9.17, 15) is 0 Å². The molecule has 4 heteroatoms. The van der Waals surface area contributed by atoms with E-state index in [1.807, 2.05) is 24.3 Å². The minimum absolute atomic E-state index is 0.489. The van der Waals surface area contributed by atoms with Crippen molar-refractivity contribution in [1.29, 1.82) is 0 Å². The molecule has 1 spiro atoms. The molecule has 1 atom stereocenters. The second-order valence-corrected chi connectivity index (χ2v) is 6.67. The van der Waals surface area contributed by atoms with Gasteiger partial charge in [0, 0.05) is 13.1 Å². The van der Waals surface area contributed by atoms with Crippen molar-refractivity contribution < 1.29 is 4.42 Å². The Bertz CT molecular complexity index is 577. The molecular weight excluding hydrogens is 262 g/mol. The zero-order valence-corrected chi connectivity index (χ0v) is 12.5. The summed E-state index contributed by atoms with van der Waals surface area (Å²) in [5, 5.41) is 3.59. The van der Waals surface area contributed by atoms with Crippen LogP contribution in [0.4, 0.5) is 0 Å².